The van der Waals surface area contributed by atoms with Gasteiger partial charge in [0.1, 0.15) is 17.5 Å². The number of halogens is 1. The molecule has 0 fully saturated rings. The molecule has 0 bridgehead atoms. The zero-order valence-corrected chi connectivity index (χ0v) is 14.3. The van der Waals surface area contributed by atoms with Gasteiger partial charge in [0.25, 0.3) is 5.91 Å². The Morgan fingerprint density at radius 3 is 2.30 bits per heavy atom. The molecule has 1 rings (SSSR count). The van der Waals surface area contributed by atoms with Crippen LogP contribution < -0.4 is 5.32 Å². The van der Waals surface area contributed by atoms with Crippen LogP contribution in [0.15, 0.2) is 23.2 Å². The fourth-order valence-electron chi connectivity index (χ4n) is 1.99. The molecule has 0 aliphatic heterocycles. The Balaban J connectivity index is 3.11. The molecule has 0 saturated carbocycles. The van der Waals surface area contributed by atoms with Crippen molar-refractivity contribution in [2.24, 2.45) is 10.9 Å². The highest BCUT2D eigenvalue weighted by Gasteiger charge is 2.21. The second kappa shape index (κ2) is 9.20. The average Bonchev–Trinajstić information content (AvgIpc) is 2.55. The van der Waals surface area contributed by atoms with Gasteiger partial charge >= 0.3 is 0 Å². The summed E-state index contributed by atoms with van der Waals surface area (Å²) < 4.78 is 0. The van der Waals surface area contributed by atoms with Crippen LogP contribution in [0.25, 0.3) is 0 Å². The van der Waals surface area contributed by atoms with Crippen molar-refractivity contribution in [3.8, 4) is 0 Å². The SMILES string of the molecule is CCNC(=O)c1cccc(N=CC(C(=O)CC)C(=O)CC)c1Cl. The Kier molecular flexibility index (Phi) is 7.62. The predicted octanol–water partition coefficient (Wildman–Crippen LogP) is 3.37. The molecule has 0 radical (unpaired) electrons. The molecule has 0 atom stereocenters. The zero-order chi connectivity index (χ0) is 17.4. The number of benzene rings is 1. The van der Waals surface area contributed by atoms with Crippen molar-refractivity contribution in [2.75, 3.05) is 6.54 Å². The van der Waals surface area contributed by atoms with Crippen molar-refractivity contribution in [3.63, 3.8) is 0 Å². The number of Topliss-reactive ketones (excluding diaryl/α,β-unsaturated/α-hetero) is 2. The van der Waals surface area contributed by atoms with Crippen LogP contribution in [0, 0.1) is 5.92 Å². The molecule has 1 N–H and O–H groups in total. The highest BCUT2D eigenvalue weighted by atomic mass is 35.5. The number of nitrogens with one attached hydrogen (secondary N) is 1. The minimum atomic E-state index is -0.866. The van der Waals surface area contributed by atoms with Crippen LogP contribution >= 0.6 is 11.6 Å². The summed E-state index contributed by atoms with van der Waals surface area (Å²) in [7, 11) is 0. The Labute approximate surface area is 141 Å². The summed E-state index contributed by atoms with van der Waals surface area (Å²) >= 11 is 6.21. The van der Waals surface area contributed by atoms with Gasteiger partial charge in [-0.3, -0.25) is 19.4 Å². The van der Waals surface area contributed by atoms with E-state index in [2.05, 4.69) is 10.3 Å². The number of hydrogen-bond acceptors (Lipinski definition) is 4. The lowest BCUT2D eigenvalue weighted by molar-refractivity contribution is -0.129. The predicted molar refractivity (Wildman–Crippen MR) is 91.7 cm³/mol. The fraction of sp³-hybridized carbons (Fsp3) is 0.412. The summed E-state index contributed by atoms with van der Waals surface area (Å²) in [6.07, 6.45) is 1.84. The van der Waals surface area contributed by atoms with Gasteiger partial charge in [-0.2, -0.15) is 0 Å². The lowest BCUT2D eigenvalue weighted by Crippen LogP contribution is -2.24. The monoisotopic (exact) mass is 336 g/mol. The summed E-state index contributed by atoms with van der Waals surface area (Å²) in [6.45, 7) is 5.70. The van der Waals surface area contributed by atoms with E-state index in [9.17, 15) is 14.4 Å². The number of ketones is 2. The molecule has 0 aliphatic rings. The Morgan fingerprint density at radius 2 is 1.78 bits per heavy atom. The Hall–Kier alpha value is -2.01. The molecule has 1 aromatic rings. The first-order chi connectivity index (χ1) is 11.0. The lowest BCUT2D eigenvalue weighted by Gasteiger charge is -2.09. The van der Waals surface area contributed by atoms with E-state index >= 15 is 0 Å². The van der Waals surface area contributed by atoms with E-state index in [4.69, 9.17) is 11.6 Å². The molecular formula is C17H21ClN2O3. The number of nitrogens with zero attached hydrogens (tertiary/aromatic N) is 1. The number of rotatable bonds is 8. The van der Waals surface area contributed by atoms with Gasteiger partial charge in [-0.05, 0) is 19.1 Å². The third kappa shape index (κ3) is 4.99. The first-order valence-electron chi connectivity index (χ1n) is 7.62. The third-order valence-corrected chi connectivity index (χ3v) is 3.71. The molecule has 124 valence electrons. The van der Waals surface area contributed by atoms with E-state index < -0.39 is 5.92 Å². The quantitative estimate of drug-likeness (QED) is 0.584. The van der Waals surface area contributed by atoms with Crippen LogP contribution in [0.4, 0.5) is 5.69 Å². The van der Waals surface area contributed by atoms with Crippen molar-refractivity contribution < 1.29 is 14.4 Å². The van der Waals surface area contributed by atoms with Gasteiger partial charge in [-0.1, -0.05) is 31.5 Å². The van der Waals surface area contributed by atoms with E-state index in [1.165, 1.54) is 6.21 Å². The third-order valence-electron chi connectivity index (χ3n) is 3.31. The maximum absolute atomic E-state index is 11.9. The normalized spacial score (nSPS) is 11.0. The standard InChI is InChI=1S/C17H21ClN2O3/c1-4-14(21)12(15(22)5-2)10-20-13-9-7-8-11(16(13)18)17(23)19-6-3/h7-10,12H,4-6H2,1-3H3,(H,19,23). The highest BCUT2D eigenvalue weighted by molar-refractivity contribution is 6.36. The fourth-order valence-corrected chi connectivity index (χ4v) is 2.25. The zero-order valence-electron chi connectivity index (χ0n) is 13.6. The topological polar surface area (TPSA) is 75.6 Å². The first kappa shape index (κ1) is 19.0. The van der Waals surface area contributed by atoms with Crippen LogP contribution in [0.2, 0.25) is 5.02 Å². The lowest BCUT2D eigenvalue weighted by atomic mass is 9.97. The number of amides is 1. The van der Waals surface area contributed by atoms with Crippen molar-refractivity contribution in [1.29, 1.82) is 0 Å². The molecule has 6 heteroatoms. The van der Waals surface area contributed by atoms with Crippen LogP contribution in [0.1, 0.15) is 44.0 Å². The van der Waals surface area contributed by atoms with E-state index in [-0.39, 0.29) is 35.3 Å². The summed E-state index contributed by atoms with van der Waals surface area (Å²) in [5, 5.41) is 2.86. The van der Waals surface area contributed by atoms with E-state index in [0.29, 0.717) is 17.8 Å². The molecule has 1 aromatic carbocycles. The molecule has 0 spiro atoms. The minimum absolute atomic E-state index is 0.184. The summed E-state index contributed by atoms with van der Waals surface area (Å²) in [5.41, 5.74) is 0.663. The molecule has 5 nitrogen and oxygen atoms in total. The largest absolute Gasteiger partial charge is 0.352 e. The van der Waals surface area contributed by atoms with E-state index in [0.717, 1.165) is 0 Å². The van der Waals surface area contributed by atoms with E-state index in [1.54, 1.807) is 32.0 Å². The summed E-state index contributed by atoms with van der Waals surface area (Å²) in [6, 6.07) is 4.88. The average molecular weight is 337 g/mol. The van der Waals surface area contributed by atoms with E-state index in [1.807, 2.05) is 6.92 Å². The van der Waals surface area contributed by atoms with Gasteiger partial charge in [-0.25, -0.2) is 0 Å². The Morgan fingerprint density at radius 1 is 1.17 bits per heavy atom. The van der Waals surface area contributed by atoms with Gasteiger partial charge < -0.3 is 5.32 Å². The minimum Gasteiger partial charge on any atom is -0.352 e. The van der Waals surface area contributed by atoms with Crippen LogP contribution in [0.5, 0.6) is 0 Å². The maximum Gasteiger partial charge on any atom is 0.252 e. The summed E-state index contributed by atoms with van der Waals surface area (Å²) in [4.78, 5) is 39.8. The van der Waals surface area contributed by atoms with Crippen molar-refractivity contribution >= 4 is 41.0 Å². The smallest absolute Gasteiger partial charge is 0.252 e. The molecule has 0 saturated heterocycles. The number of carbonyl (C=O) groups excluding carboxylic acids is 3. The van der Waals surface area contributed by atoms with Gasteiger partial charge in [0.15, 0.2) is 0 Å². The van der Waals surface area contributed by atoms with Gasteiger partial charge in [-0.15, -0.1) is 0 Å². The van der Waals surface area contributed by atoms with Gasteiger partial charge in [0.05, 0.1) is 16.3 Å². The highest BCUT2D eigenvalue weighted by Crippen LogP contribution is 2.28. The number of hydrogen-bond donors (Lipinski definition) is 1. The van der Waals surface area contributed by atoms with Crippen molar-refractivity contribution in [1.82, 2.24) is 5.32 Å². The Bertz CT molecular complexity index is 610. The second-order valence-corrected chi connectivity index (χ2v) is 5.27. The van der Waals surface area contributed by atoms with Gasteiger partial charge in [0, 0.05) is 25.6 Å². The molecule has 1 amide bonds. The number of aliphatic imine (C=N–C) groups is 1. The molecule has 0 aliphatic carbocycles. The van der Waals surface area contributed by atoms with Crippen LogP contribution in [-0.2, 0) is 9.59 Å². The van der Waals surface area contributed by atoms with Gasteiger partial charge in [0.2, 0.25) is 0 Å². The number of carbonyl (C=O) groups is 3. The summed E-state index contributed by atoms with van der Waals surface area (Å²) in [5.74, 6) is -1.53. The molecule has 0 aromatic heterocycles. The van der Waals surface area contributed by atoms with Crippen LogP contribution in [-0.4, -0.2) is 30.2 Å². The molecule has 23 heavy (non-hydrogen) atoms. The van der Waals surface area contributed by atoms with Crippen molar-refractivity contribution in [3.05, 3.63) is 28.8 Å². The molecule has 0 heterocycles. The van der Waals surface area contributed by atoms with Crippen molar-refractivity contribution in [2.45, 2.75) is 33.6 Å². The molecular weight excluding hydrogens is 316 g/mol. The molecule has 0 unspecified atom stereocenters. The second-order valence-electron chi connectivity index (χ2n) is 4.89. The maximum atomic E-state index is 11.9. The first-order valence-corrected chi connectivity index (χ1v) is 8.00. The van der Waals surface area contributed by atoms with Crippen LogP contribution in [0.3, 0.4) is 0 Å².